The van der Waals surface area contributed by atoms with E-state index in [9.17, 15) is 15.3 Å². The van der Waals surface area contributed by atoms with E-state index in [2.05, 4.69) is 15.0 Å². The molecule has 0 amide bonds. The van der Waals surface area contributed by atoms with Gasteiger partial charge in [-0.15, -0.1) is 0 Å². The molecule has 0 saturated carbocycles. The molecule has 0 radical (unpaired) electrons. The van der Waals surface area contributed by atoms with E-state index >= 15 is 0 Å². The van der Waals surface area contributed by atoms with Crippen LogP contribution in [0.2, 0.25) is 0 Å². The Morgan fingerprint density at radius 1 is 0.327 bits per heavy atom. The molecular formula is C48H36AlN3O3. The van der Waals surface area contributed by atoms with Crippen LogP contribution in [0.25, 0.3) is 66.5 Å². The van der Waals surface area contributed by atoms with Gasteiger partial charge in [0.25, 0.3) is 0 Å². The van der Waals surface area contributed by atoms with Gasteiger partial charge in [0, 0.05) is 16.2 Å². The van der Waals surface area contributed by atoms with Crippen LogP contribution in [0.5, 0.6) is 17.2 Å². The second kappa shape index (κ2) is 17.1. The van der Waals surface area contributed by atoms with E-state index in [4.69, 9.17) is 0 Å². The van der Waals surface area contributed by atoms with Crippen molar-refractivity contribution in [3.05, 3.63) is 180 Å². The van der Waals surface area contributed by atoms with Crippen LogP contribution in [-0.4, -0.2) is 32.3 Å². The number of benzene rings is 6. The van der Waals surface area contributed by atoms with Gasteiger partial charge in [-0.05, 0) is 90.6 Å². The molecule has 7 heteroatoms. The number of hydrogen-bond donors (Lipinski definition) is 0. The Kier molecular flexibility index (Phi) is 11.9. The molecule has 6 aromatic carbocycles. The zero-order chi connectivity index (χ0) is 37.6. The smallest absolute Gasteiger partial charge is 0.872 e. The molecule has 0 spiro atoms. The summed E-state index contributed by atoms with van der Waals surface area (Å²) in [4.78, 5) is 13.7. The molecule has 9 aromatic rings. The summed E-state index contributed by atoms with van der Waals surface area (Å²) in [7, 11) is 0. The predicted molar refractivity (Wildman–Crippen MR) is 220 cm³/mol. The fourth-order valence-electron chi connectivity index (χ4n) is 6.50. The number of aryl methyl sites for hydroxylation is 3. The molecule has 6 nitrogen and oxygen atoms in total. The fraction of sp³-hybridized carbons (Fsp3) is 0.0625. The number of rotatable bonds is 3. The van der Waals surface area contributed by atoms with Gasteiger partial charge >= 0.3 is 17.4 Å². The molecule has 0 unspecified atom stereocenters. The number of hydrogen-bond acceptors (Lipinski definition) is 6. The van der Waals surface area contributed by atoms with Gasteiger partial charge in [0.15, 0.2) is 0 Å². The van der Waals surface area contributed by atoms with E-state index in [0.717, 1.165) is 66.5 Å². The molecule has 0 bridgehead atoms. The molecule has 0 aliphatic carbocycles. The Bertz CT molecular complexity index is 2470. The summed E-state index contributed by atoms with van der Waals surface area (Å²) in [6.45, 7) is 6.13. The van der Waals surface area contributed by atoms with Crippen molar-refractivity contribution in [3.63, 3.8) is 0 Å². The number of aromatic nitrogens is 3. The van der Waals surface area contributed by atoms with Crippen molar-refractivity contribution >= 4 is 50.1 Å². The minimum absolute atomic E-state index is 0. The van der Waals surface area contributed by atoms with E-state index in [1.807, 2.05) is 148 Å². The maximum absolute atomic E-state index is 11.8. The Hall–Kier alpha value is -6.52. The van der Waals surface area contributed by atoms with E-state index in [0.29, 0.717) is 16.7 Å². The normalized spacial score (nSPS) is 10.5. The minimum atomic E-state index is 0. The maximum atomic E-state index is 11.8. The molecular weight excluding hydrogens is 694 g/mol. The van der Waals surface area contributed by atoms with Gasteiger partial charge in [-0.1, -0.05) is 145 Å². The van der Waals surface area contributed by atoms with Gasteiger partial charge in [-0.3, -0.25) is 0 Å². The second-order valence-corrected chi connectivity index (χ2v) is 13.0. The Morgan fingerprint density at radius 3 is 0.836 bits per heavy atom. The largest absolute Gasteiger partial charge is 3.00 e. The summed E-state index contributed by atoms with van der Waals surface area (Å²) in [5, 5.41) is 38.9. The molecule has 0 atom stereocenters. The molecule has 0 aliphatic heterocycles. The molecule has 3 aromatic heterocycles. The van der Waals surface area contributed by atoms with E-state index in [1.54, 1.807) is 36.4 Å². The first-order valence-electron chi connectivity index (χ1n) is 17.7. The SMILES string of the molecule is Cc1cc(-c2ccccc2[O-])nc2ccccc12.Cc1cc(-c2ccccc2[O-])nc2ccccc12.Cc1cc(-c2ccccc2[O-])nc2ccccc12.[Al+3]. The first-order valence-corrected chi connectivity index (χ1v) is 17.7. The predicted octanol–water partition coefficient (Wildman–Crippen LogP) is 9.47. The van der Waals surface area contributed by atoms with Crippen molar-refractivity contribution in [2.75, 3.05) is 0 Å². The van der Waals surface area contributed by atoms with Crippen LogP contribution in [-0.2, 0) is 0 Å². The van der Waals surface area contributed by atoms with Crippen molar-refractivity contribution in [1.82, 2.24) is 15.0 Å². The van der Waals surface area contributed by atoms with Crippen LogP contribution in [0.3, 0.4) is 0 Å². The van der Waals surface area contributed by atoms with Gasteiger partial charge in [-0.25, -0.2) is 15.0 Å². The molecule has 3 heterocycles. The van der Waals surface area contributed by atoms with Crippen LogP contribution < -0.4 is 15.3 Å². The average Bonchev–Trinajstić information content (AvgIpc) is 3.19. The molecule has 0 saturated heterocycles. The van der Waals surface area contributed by atoms with Gasteiger partial charge in [0.05, 0.1) is 33.6 Å². The van der Waals surface area contributed by atoms with E-state index in [-0.39, 0.29) is 34.6 Å². The summed E-state index contributed by atoms with van der Waals surface area (Å²) in [5.74, 6) is 0.0408. The van der Waals surface area contributed by atoms with Crippen LogP contribution >= 0.6 is 0 Å². The summed E-state index contributed by atoms with van der Waals surface area (Å²) in [6, 6.07) is 50.9. The average molecular weight is 730 g/mol. The molecule has 0 aliphatic rings. The van der Waals surface area contributed by atoms with E-state index in [1.165, 1.54) is 0 Å². The van der Waals surface area contributed by atoms with Crippen LogP contribution in [0.4, 0.5) is 0 Å². The van der Waals surface area contributed by atoms with Gasteiger partial charge < -0.3 is 15.3 Å². The third-order valence-corrected chi connectivity index (χ3v) is 9.26. The van der Waals surface area contributed by atoms with E-state index < -0.39 is 0 Å². The second-order valence-electron chi connectivity index (χ2n) is 13.0. The Labute approximate surface area is 331 Å². The third kappa shape index (κ3) is 8.50. The Balaban J connectivity index is 0.000000139. The molecule has 9 rings (SSSR count). The molecule has 55 heavy (non-hydrogen) atoms. The van der Waals surface area contributed by atoms with Crippen molar-refractivity contribution in [1.29, 1.82) is 0 Å². The number of fused-ring (bicyclic) bond motifs is 3. The van der Waals surface area contributed by atoms with Crippen molar-refractivity contribution in [2.24, 2.45) is 0 Å². The maximum Gasteiger partial charge on any atom is 3.00 e. The summed E-state index contributed by atoms with van der Waals surface area (Å²) in [5.41, 5.74) is 10.4. The van der Waals surface area contributed by atoms with Crippen molar-refractivity contribution in [2.45, 2.75) is 20.8 Å². The first kappa shape index (κ1) is 38.2. The van der Waals surface area contributed by atoms with Crippen molar-refractivity contribution < 1.29 is 15.3 Å². The summed E-state index contributed by atoms with van der Waals surface area (Å²) < 4.78 is 0. The topological polar surface area (TPSA) is 108 Å². The van der Waals surface area contributed by atoms with Gasteiger partial charge in [0.2, 0.25) is 0 Å². The molecule has 264 valence electrons. The standard InChI is InChI=1S/3C16H13NO.Al/c3*1-11-10-15(13-7-3-5-9-16(13)18)17-14-8-4-2-6-12(11)14;/h3*2-10,18H,1H3;/q;;;+3/p-3. The number of para-hydroxylation sites is 6. The molecule has 0 N–H and O–H groups in total. The fourth-order valence-corrected chi connectivity index (χ4v) is 6.50. The minimum Gasteiger partial charge on any atom is -0.872 e. The third-order valence-electron chi connectivity index (χ3n) is 9.26. The van der Waals surface area contributed by atoms with Gasteiger partial charge in [-0.2, -0.15) is 0 Å². The molecule has 0 fully saturated rings. The quantitative estimate of drug-likeness (QED) is 0.168. The summed E-state index contributed by atoms with van der Waals surface area (Å²) in [6.07, 6.45) is 0. The van der Waals surface area contributed by atoms with Crippen molar-refractivity contribution in [3.8, 4) is 51.0 Å². The zero-order valence-corrected chi connectivity index (χ0v) is 31.9. The number of nitrogens with zero attached hydrogens (tertiary/aromatic N) is 3. The zero-order valence-electron chi connectivity index (χ0n) is 30.7. The Morgan fingerprint density at radius 2 is 0.564 bits per heavy atom. The summed E-state index contributed by atoms with van der Waals surface area (Å²) >= 11 is 0. The van der Waals surface area contributed by atoms with Crippen LogP contribution in [0.1, 0.15) is 16.7 Å². The van der Waals surface area contributed by atoms with Gasteiger partial charge in [0.1, 0.15) is 0 Å². The van der Waals surface area contributed by atoms with Crippen LogP contribution in [0, 0.1) is 20.8 Å². The number of pyridine rings is 3. The van der Waals surface area contributed by atoms with Crippen LogP contribution in [0.15, 0.2) is 164 Å². The first-order chi connectivity index (χ1) is 26.3. The monoisotopic (exact) mass is 729 g/mol.